The zero-order valence-electron chi connectivity index (χ0n) is 10.5. The predicted octanol–water partition coefficient (Wildman–Crippen LogP) is 2.51. The van der Waals surface area contributed by atoms with Crippen molar-refractivity contribution in [1.82, 2.24) is 5.32 Å². The number of benzene rings is 1. The van der Waals surface area contributed by atoms with Crippen molar-refractivity contribution in [3.05, 3.63) is 47.5 Å². The molecule has 1 aromatic rings. The molecule has 2 rings (SSSR count). The summed E-state index contributed by atoms with van der Waals surface area (Å²) >= 11 is 0. The highest BCUT2D eigenvalue weighted by Gasteiger charge is 2.24. The maximum Gasteiger partial charge on any atom is 0.0672 e. The van der Waals surface area contributed by atoms with Crippen LogP contribution in [-0.2, 0) is 11.2 Å². The Labute approximate surface area is 104 Å². The van der Waals surface area contributed by atoms with E-state index in [-0.39, 0.29) is 0 Å². The standard InChI is InChI=1S/C15H21NO/c1-12(2)11-17-8-7-16-10-14-9-13-5-3-4-6-15(13)14/h3-6,14,16H,1,7-11H2,2H3. The average molecular weight is 231 g/mol. The van der Waals surface area contributed by atoms with E-state index in [1.54, 1.807) is 0 Å². The minimum Gasteiger partial charge on any atom is -0.376 e. The maximum atomic E-state index is 5.44. The van der Waals surface area contributed by atoms with Gasteiger partial charge >= 0.3 is 0 Å². The molecule has 1 atom stereocenters. The summed E-state index contributed by atoms with van der Waals surface area (Å²) < 4.78 is 5.44. The van der Waals surface area contributed by atoms with Gasteiger partial charge in [-0.1, -0.05) is 36.4 Å². The fourth-order valence-corrected chi connectivity index (χ4v) is 2.21. The van der Waals surface area contributed by atoms with Gasteiger partial charge in [-0.3, -0.25) is 0 Å². The fraction of sp³-hybridized carbons (Fsp3) is 0.467. The van der Waals surface area contributed by atoms with Crippen molar-refractivity contribution in [3.8, 4) is 0 Å². The molecule has 1 aliphatic carbocycles. The van der Waals surface area contributed by atoms with Crippen molar-refractivity contribution >= 4 is 0 Å². The summed E-state index contributed by atoms with van der Waals surface area (Å²) in [4.78, 5) is 0. The Hall–Kier alpha value is -1.12. The fourth-order valence-electron chi connectivity index (χ4n) is 2.21. The molecule has 0 spiro atoms. The van der Waals surface area contributed by atoms with E-state index < -0.39 is 0 Å². The highest BCUT2D eigenvalue weighted by molar-refractivity contribution is 5.40. The summed E-state index contributed by atoms with van der Waals surface area (Å²) in [7, 11) is 0. The smallest absolute Gasteiger partial charge is 0.0672 e. The lowest BCUT2D eigenvalue weighted by Gasteiger charge is -2.30. The molecule has 17 heavy (non-hydrogen) atoms. The van der Waals surface area contributed by atoms with E-state index in [9.17, 15) is 0 Å². The third-order valence-corrected chi connectivity index (χ3v) is 3.12. The minimum absolute atomic E-state index is 0.675. The van der Waals surface area contributed by atoms with Crippen LogP contribution in [-0.4, -0.2) is 26.3 Å². The number of nitrogens with one attached hydrogen (secondary N) is 1. The number of ether oxygens (including phenoxy) is 1. The van der Waals surface area contributed by atoms with Crippen LogP contribution >= 0.6 is 0 Å². The van der Waals surface area contributed by atoms with Crippen LogP contribution in [0.1, 0.15) is 24.0 Å². The number of rotatable bonds is 7. The molecule has 1 aromatic carbocycles. The summed E-state index contributed by atoms with van der Waals surface area (Å²) in [5, 5.41) is 3.45. The van der Waals surface area contributed by atoms with Gasteiger partial charge in [-0.15, -0.1) is 0 Å². The van der Waals surface area contributed by atoms with Crippen molar-refractivity contribution in [1.29, 1.82) is 0 Å². The lowest BCUT2D eigenvalue weighted by Crippen LogP contribution is -2.31. The molecule has 0 amide bonds. The van der Waals surface area contributed by atoms with Crippen LogP contribution in [0, 0.1) is 0 Å². The molecule has 2 heteroatoms. The number of fused-ring (bicyclic) bond motifs is 1. The molecule has 1 N–H and O–H groups in total. The lowest BCUT2D eigenvalue weighted by molar-refractivity contribution is 0.157. The van der Waals surface area contributed by atoms with Crippen LogP contribution in [0.25, 0.3) is 0 Å². The molecular weight excluding hydrogens is 210 g/mol. The first-order valence-electron chi connectivity index (χ1n) is 6.28. The molecule has 0 radical (unpaired) electrons. The molecule has 92 valence electrons. The van der Waals surface area contributed by atoms with E-state index in [1.807, 2.05) is 6.92 Å². The Morgan fingerprint density at radius 3 is 3.06 bits per heavy atom. The molecule has 0 aromatic heterocycles. The second kappa shape index (κ2) is 5.99. The Balaban J connectivity index is 1.57. The van der Waals surface area contributed by atoms with E-state index in [0.717, 1.165) is 25.3 Å². The minimum atomic E-state index is 0.675. The van der Waals surface area contributed by atoms with Gasteiger partial charge in [0.05, 0.1) is 13.2 Å². The molecule has 0 saturated heterocycles. The van der Waals surface area contributed by atoms with E-state index in [4.69, 9.17) is 4.74 Å². The third kappa shape index (κ3) is 3.42. The van der Waals surface area contributed by atoms with Crippen molar-refractivity contribution in [3.63, 3.8) is 0 Å². The molecule has 0 fully saturated rings. The zero-order chi connectivity index (χ0) is 12.1. The highest BCUT2D eigenvalue weighted by atomic mass is 16.5. The first-order valence-corrected chi connectivity index (χ1v) is 6.28. The van der Waals surface area contributed by atoms with Crippen LogP contribution in [0.15, 0.2) is 36.4 Å². The molecule has 2 nitrogen and oxygen atoms in total. The molecular formula is C15H21NO. The van der Waals surface area contributed by atoms with E-state index in [0.29, 0.717) is 12.5 Å². The number of hydrogen-bond acceptors (Lipinski definition) is 2. The van der Waals surface area contributed by atoms with Gasteiger partial charge in [-0.2, -0.15) is 0 Å². The van der Waals surface area contributed by atoms with Gasteiger partial charge in [0.15, 0.2) is 0 Å². The van der Waals surface area contributed by atoms with Gasteiger partial charge in [0.2, 0.25) is 0 Å². The highest BCUT2D eigenvalue weighted by Crippen LogP contribution is 2.33. The first-order chi connectivity index (χ1) is 8.27. The van der Waals surface area contributed by atoms with Crippen LogP contribution in [0.2, 0.25) is 0 Å². The quantitative estimate of drug-likeness (QED) is 0.575. The summed E-state index contributed by atoms with van der Waals surface area (Å²) in [5.41, 5.74) is 4.11. The van der Waals surface area contributed by atoms with Gasteiger partial charge in [-0.25, -0.2) is 0 Å². The van der Waals surface area contributed by atoms with Crippen LogP contribution < -0.4 is 5.32 Å². The Bertz CT molecular complexity index is 386. The summed E-state index contributed by atoms with van der Waals surface area (Å²) in [6.45, 7) is 9.21. The lowest BCUT2D eigenvalue weighted by atomic mass is 9.78. The van der Waals surface area contributed by atoms with Gasteiger partial charge < -0.3 is 10.1 Å². The maximum absolute atomic E-state index is 5.44. The summed E-state index contributed by atoms with van der Waals surface area (Å²) in [6, 6.07) is 8.71. The Kier molecular flexibility index (Phi) is 4.35. The SMILES string of the molecule is C=C(C)COCCNCC1Cc2ccccc21. The molecule has 0 saturated carbocycles. The second-order valence-electron chi connectivity index (χ2n) is 4.81. The van der Waals surface area contributed by atoms with Crippen LogP contribution in [0.5, 0.6) is 0 Å². The van der Waals surface area contributed by atoms with Gasteiger partial charge in [-0.05, 0) is 24.5 Å². The molecule has 0 aliphatic heterocycles. The molecule has 0 heterocycles. The zero-order valence-corrected chi connectivity index (χ0v) is 10.5. The predicted molar refractivity (Wildman–Crippen MR) is 71.4 cm³/mol. The normalized spacial score (nSPS) is 17.4. The molecule has 1 aliphatic rings. The van der Waals surface area contributed by atoms with E-state index >= 15 is 0 Å². The van der Waals surface area contributed by atoms with Gasteiger partial charge in [0.1, 0.15) is 0 Å². The van der Waals surface area contributed by atoms with Gasteiger partial charge in [0, 0.05) is 19.0 Å². The van der Waals surface area contributed by atoms with Gasteiger partial charge in [0.25, 0.3) is 0 Å². The van der Waals surface area contributed by atoms with Crippen molar-refractivity contribution in [2.75, 3.05) is 26.3 Å². The molecule has 1 unspecified atom stereocenters. The first kappa shape index (κ1) is 12.3. The van der Waals surface area contributed by atoms with Crippen molar-refractivity contribution in [2.24, 2.45) is 0 Å². The summed E-state index contributed by atoms with van der Waals surface area (Å²) in [5.74, 6) is 0.701. The molecule has 0 bridgehead atoms. The van der Waals surface area contributed by atoms with Crippen molar-refractivity contribution in [2.45, 2.75) is 19.3 Å². The monoisotopic (exact) mass is 231 g/mol. The second-order valence-corrected chi connectivity index (χ2v) is 4.81. The third-order valence-electron chi connectivity index (χ3n) is 3.12. The topological polar surface area (TPSA) is 21.3 Å². The Morgan fingerprint density at radius 2 is 2.29 bits per heavy atom. The van der Waals surface area contributed by atoms with E-state index in [1.165, 1.54) is 17.5 Å². The van der Waals surface area contributed by atoms with Crippen LogP contribution in [0.3, 0.4) is 0 Å². The average Bonchev–Trinajstić information content (AvgIpc) is 2.28. The van der Waals surface area contributed by atoms with E-state index in [2.05, 4.69) is 36.2 Å². The Morgan fingerprint density at radius 1 is 1.47 bits per heavy atom. The number of hydrogen-bond donors (Lipinski definition) is 1. The van der Waals surface area contributed by atoms with Crippen molar-refractivity contribution < 1.29 is 4.74 Å². The largest absolute Gasteiger partial charge is 0.376 e. The van der Waals surface area contributed by atoms with Crippen LogP contribution in [0.4, 0.5) is 0 Å². The summed E-state index contributed by atoms with van der Waals surface area (Å²) in [6.07, 6.45) is 1.22.